The Morgan fingerprint density at radius 2 is 2.13 bits per heavy atom. The Hall–Kier alpha value is -2.47. The van der Waals surface area contributed by atoms with Crippen molar-refractivity contribution in [2.75, 3.05) is 6.54 Å². The van der Waals surface area contributed by atoms with Gasteiger partial charge in [0.15, 0.2) is 17.8 Å². The van der Waals surface area contributed by atoms with Crippen molar-refractivity contribution in [3.05, 3.63) is 59.7 Å². The summed E-state index contributed by atoms with van der Waals surface area (Å²) in [6.07, 6.45) is 7.06. The van der Waals surface area contributed by atoms with Crippen LogP contribution in [0.15, 0.2) is 52.9 Å². The minimum absolute atomic E-state index is 0.0471. The van der Waals surface area contributed by atoms with Gasteiger partial charge in [0, 0.05) is 24.4 Å². The van der Waals surface area contributed by atoms with Crippen molar-refractivity contribution in [2.45, 2.75) is 18.3 Å². The molecule has 0 aromatic carbocycles. The van der Waals surface area contributed by atoms with Gasteiger partial charge in [-0.25, -0.2) is 4.98 Å². The average molecular weight is 325 g/mol. The van der Waals surface area contributed by atoms with Crippen LogP contribution in [0.3, 0.4) is 0 Å². The van der Waals surface area contributed by atoms with Crippen LogP contribution < -0.4 is 5.32 Å². The summed E-state index contributed by atoms with van der Waals surface area (Å²) in [6, 6.07) is 7.88. The molecule has 1 aliphatic rings. The highest BCUT2D eigenvalue weighted by Crippen LogP contribution is 2.47. The molecule has 1 amide bonds. The lowest BCUT2D eigenvalue weighted by atomic mass is 9.97. The van der Waals surface area contributed by atoms with Crippen LogP contribution in [0.25, 0.3) is 10.6 Å². The first-order valence-electron chi connectivity index (χ1n) is 7.45. The molecule has 4 rings (SSSR count). The van der Waals surface area contributed by atoms with Crippen LogP contribution in [0.5, 0.6) is 0 Å². The zero-order valence-corrected chi connectivity index (χ0v) is 13.2. The van der Waals surface area contributed by atoms with Gasteiger partial charge in [-0.3, -0.25) is 9.78 Å². The summed E-state index contributed by atoms with van der Waals surface area (Å²) >= 11 is 1.52. The van der Waals surface area contributed by atoms with Crippen LogP contribution in [0.1, 0.15) is 28.9 Å². The Bertz CT molecular complexity index is 808. The molecule has 0 atom stereocenters. The average Bonchev–Trinajstić information content (AvgIpc) is 3.01. The number of carbonyl (C=O) groups is 1. The fraction of sp³-hybridized carbons (Fsp3) is 0.235. The topological polar surface area (TPSA) is 68.0 Å². The molecule has 1 saturated carbocycles. The number of rotatable bonds is 5. The normalized spacial score (nSPS) is 15.3. The lowest BCUT2D eigenvalue weighted by Gasteiger charge is -2.16. The highest BCUT2D eigenvalue weighted by Gasteiger charge is 2.44. The summed E-state index contributed by atoms with van der Waals surface area (Å²) < 4.78 is 5.39. The third kappa shape index (κ3) is 2.66. The van der Waals surface area contributed by atoms with Crippen molar-refractivity contribution >= 4 is 17.2 Å². The molecule has 0 aliphatic heterocycles. The molecule has 0 spiro atoms. The molecular formula is C17H15N3O2S. The van der Waals surface area contributed by atoms with Gasteiger partial charge in [0.2, 0.25) is 0 Å². The number of oxazole rings is 1. The van der Waals surface area contributed by atoms with Crippen molar-refractivity contribution in [2.24, 2.45) is 0 Å². The van der Waals surface area contributed by atoms with Crippen molar-refractivity contribution in [1.82, 2.24) is 15.3 Å². The predicted octanol–water partition coefficient (Wildman–Crippen LogP) is 3.26. The molecule has 3 heterocycles. The van der Waals surface area contributed by atoms with Crippen molar-refractivity contribution in [1.29, 1.82) is 0 Å². The van der Waals surface area contributed by atoms with E-state index in [4.69, 9.17) is 4.42 Å². The zero-order valence-electron chi connectivity index (χ0n) is 12.4. The molecule has 0 radical (unpaired) electrons. The quantitative estimate of drug-likeness (QED) is 0.782. The van der Waals surface area contributed by atoms with Gasteiger partial charge < -0.3 is 9.73 Å². The number of nitrogens with one attached hydrogen (secondary N) is 1. The molecular weight excluding hydrogens is 310 g/mol. The summed E-state index contributed by atoms with van der Waals surface area (Å²) in [5.74, 6) is 0.341. The van der Waals surface area contributed by atoms with Gasteiger partial charge in [-0.05, 0) is 42.0 Å². The second kappa shape index (κ2) is 5.62. The third-order valence-electron chi connectivity index (χ3n) is 4.26. The molecule has 1 aliphatic carbocycles. The molecule has 23 heavy (non-hydrogen) atoms. The van der Waals surface area contributed by atoms with Gasteiger partial charge in [-0.2, -0.15) is 0 Å². The second-order valence-corrected chi connectivity index (χ2v) is 6.65. The maximum Gasteiger partial charge on any atom is 0.273 e. The maximum atomic E-state index is 12.5. The van der Waals surface area contributed by atoms with Gasteiger partial charge in [-0.15, -0.1) is 11.3 Å². The van der Waals surface area contributed by atoms with Crippen molar-refractivity contribution in [3.63, 3.8) is 0 Å². The zero-order chi connectivity index (χ0) is 15.7. The highest BCUT2D eigenvalue weighted by molar-refractivity contribution is 7.13. The van der Waals surface area contributed by atoms with Gasteiger partial charge in [-0.1, -0.05) is 6.07 Å². The fourth-order valence-electron chi connectivity index (χ4n) is 2.75. The number of thiophene rings is 1. The van der Waals surface area contributed by atoms with E-state index in [1.165, 1.54) is 23.3 Å². The van der Waals surface area contributed by atoms with E-state index in [-0.39, 0.29) is 11.3 Å². The van der Waals surface area contributed by atoms with Gasteiger partial charge >= 0.3 is 0 Å². The predicted molar refractivity (Wildman–Crippen MR) is 87.3 cm³/mol. The number of pyridine rings is 1. The standard InChI is InChI=1S/C17H15N3O2S/c21-16(14-15(22-11-20-14)13-2-1-9-23-13)19-10-17(5-6-17)12-3-7-18-8-4-12/h1-4,7-9,11H,5-6,10H2,(H,19,21). The molecule has 0 unspecified atom stereocenters. The molecule has 1 N–H and O–H groups in total. The number of aromatic nitrogens is 2. The van der Waals surface area contributed by atoms with Crippen molar-refractivity contribution < 1.29 is 9.21 Å². The molecule has 0 bridgehead atoms. The monoisotopic (exact) mass is 325 g/mol. The van der Waals surface area contributed by atoms with Gasteiger partial charge in [0.25, 0.3) is 5.91 Å². The molecule has 1 fully saturated rings. The van der Waals surface area contributed by atoms with E-state index < -0.39 is 0 Å². The fourth-order valence-corrected chi connectivity index (χ4v) is 3.46. The number of amides is 1. The Kier molecular flexibility index (Phi) is 3.46. The summed E-state index contributed by atoms with van der Waals surface area (Å²) in [7, 11) is 0. The van der Waals surface area contributed by atoms with Crippen molar-refractivity contribution in [3.8, 4) is 10.6 Å². The number of hydrogen-bond acceptors (Lipinski definition) is 5. The van der Waals surface area contributed by atoms with E-state index in [0.29, 0.717) is 18.0 Å². The summed E-state index contributed by atoms with van der Waals surface area (Å²) in [5.41, 5.74) is 1.62. The first kappa shape index (κ1) is 14.1. The molecule has 3 aromatic heterocycles. The molecule has 0 saturated heterocycles. The lowest BCUT2D eigenvalue weighted by molar-refractivity contribution is 0.0945. The number of nitrogens with zero attached hydrogens (tertiary/aromatic N) is 2. The Morgan fingerprint density at radius 3 is 2.83 bits per heavy atom. The van der Waals surface area contributed by atoms with E-state index in [1.807, 2.05) is 29.6 Å². The summed E-state index contributed by atoms with van der Waals surface area (Å²) in [6.45, 7) is 0.604. The SMILES string of the molecule is O=C(NCC1(c2ccncc2)CC1)c1ncoc1-c1cccs1. The molecule has 5 nitrogen and oxygen atoms in total. The van der Waals surface area contributed by atoms with E-state index in [0.717, 1.165) is 17.7 Å². The smallest absolute Gasteiger partial charge is 0.273 e. The largest absolute Gasteiger partial charge is 0.442 e. The molecule has 3 aromatic rings. The van der Waals surface area contributed by atoms with E-state index in [2.05, 4.69) is 15.3 Å². The Labute approximate surface area is 137 Å². The van der Waals surface area contributed by atoms with E-state index in [9.17, 15) is 4.79 Å². The first-order valence-corrected chi connectivity index (χ1v) is 8.33. The van der Waals surface area contributed by atoms with E-state index in [1.54, 1.807) is 12.4 Å². The second-order valence-electron chi connectivity index (χ2n) is 5.71. The number of carbonyl (C=O) groups excluding carboxylic acids is 1. The van der Waals surface area contributed by atoms with E-state index >= 15 is 0 Å². The van der Waals surface area contributed by atoms with Crippen LogP contribution >= 0.6 is 11.3 Å². The number of hydrogen-bond donors (Lipinski definition) is 1. The summed E-state index contributed by atoms with van der Waals surface area (Å²) in [5, 5.41) is 4.96. The first-order chi connectivity index (χ1) is 11.3. The Morgan fingerprint density at radius 1 is 1.30 bits per heavy atom. The molecule has 116 valence electrons. The third-order valence-corrected chi connectivity index (χ3v) is 5.13. The molecule has 6 heteroatoms. The lowest BCUT2D eigenvalue weighted by Crippen LogP contribution is -2.32. The minimum atomic E-state index is -0.192. The van der Waals surface area contributed by atoms with Crippen LogP contribution in [0.4, 0.5) is 0 Å². The van der Waals surface area contributed by atoms with Gasteiger partial charge in [0.1, 0.15) is 0 Å². The van der Waals surface area contributed by atoms with Crippen LogP contribution in [0, 0.1) is 0 Å². The minimum Gasteiger partial charge on any atom is -0.442 e. The maximum absolute atomic E-state index is 12.5. The van der Waals surface area contributed by atoms with Crippen LogP contribution in [-0.2, 0) is 5.41 Å². The van der Waals surface area contributed by atoms with Crippen LogP contribution in [-0.4, -0.2) is 22.4 Å². The van der Waals surface area contributed by atoms with Crippen LogP contribution in [0.2, 0.25) is 0 Å². The Balaban J connectivity index is 1.49. The summed E-state index contributed by atoms with van der Waals surface area (Å²) in [4.78, 5) is 21.5. The highest BCUT2D eigenvalue weighted by atomic mass is 32.1. The van der Waals surface area contributed by atoms with Gasteiger partial charge in [0.05, 0.1) is 4.88 Å².